The number of benzene rings is 3. The molecule has 3 rings (SSSR count). The van der Waals surface area contributed by atoms with E-state index in [-0.39, 0.29) is 11.9 Å². The molecule has 1 amide bonds. The van der Waals surface area contributed by atoms with Gasteiger partial charge in [0, 0.05) is 6.54 Å². The second kappa shape index (κ2) is 9.15. The second-order valence-electron chi connectivity index (χ2n) is 6.83. The number of carbonyl (C=O) groups is 1. The topological polar surface area (TPSA) is 46.3 Å². The highest BCUT2D eigenvalue weighted by molar-refractivity contribution is 5.82. The molecule has 3 nitrogen and oxygen atoms in total. The summed E-state index contributed by atoms with van der Waals surface area (Å²) >= 11 is 0. The van der Waals surface area contributed by atoms with Crippen molar-refractivity contribution in [2.75, 3.05) is 0 Å². The molecule has 3 heteroatoms. The molecule has 3 aromatic rings. The van der Waals surface area contributed by atoms with E-state index in [1.54, 1.807) is 0 Å². The van der Waals surface area contributed by atoms with E-state index < -0.39 is 6.04 Å². The molecule has 0 saturated heterocycles. The minimum Gasteiger partial charge on any atom is -0.330 e. The lowest BCUT2D eigenvalue weighted by Crippen LogP contribution is -2.45. The highest BCUT2D eigenvalue weighted by atomic mass is 16.2. The van der Waals surface area contributed by atoms with Gasteiger partial charge in [0.2, 0.25) is 5.91 Å². The molecule has 0 spiro atoms. The first-order valence-electron chi connectivity index (χ1n) is 9.34. The lowest BCUT2D eigenvalue weighted by atomic mass is 10.0. The predicted molar refractivity (Wildman–Crippen MR) is 110 cm³/mol. The number of nitrogens with two attached hydrogens (primary N) is 1. The van der Waals surface area contributed by atoms with Crippen molar-refractivity contribution in [3.05, 3.63) is 108 Å². The van der Waals surface area contributed by atoms with Crippen LogP contribution in [0, 0.1) is 0 Å². The van der Waals surface area contributed by atoms with Gasteiger partial charge in [-0.15, -0.1) is 0 Å². The van der Waals surface area contributed by atoms with Crippen LogP contribution < -0.4 is 5.73 Å². The van der Waals surface area contributed by atoms with Crippen LogP contribution in [-0.2, 0) is 17.8 Å². The summed E-state index contributed by atoms with van der Waals surface area (Å²) in [6.45, 7) is 2.60. The molecule has 0 heterocycles. The molecule has 0 bridgehead atoms. The standard InChI is InChI=1S/C24H26N2O/c1-19(22-15-9-4-10-16-22)26(18-21-13-7-3-8-14-21)24(27)23(25)17-20-11-5-2-6-12-20/h2-16,19,23H,17-18,25H2,1H3. The number of nitrogens with zero attached hydrogens (tertiary/aromatic N) is 1. The van der Waals surface area contributed by atoms with Gasteiger partial charge in [0.1, 0.15) is 0 Å². The second-order valence-corrected chi connectivity index (χ2v) is 6.83. The van der Waals surface area contributed by atoms with Gasteiger partial charge in [-0.2, -0.15) is 0 Å². The fourth-order valence-corrected chi connectivity index (χ4v) is 3.27. The summed E-state index contributed by atoms with van der Waals surface area (Å²) in [7, 11) is 0. The molecule has 2 unspecified atom stereocenters. The quantitative estimate of drug-likeness (QED) is 0.683. The van der Waals surface area contributed by atoms with E-state index in [1.807, 2.05) is 83.8 Å². The average Bonchev–Trinajstić information content (AvgIpc) is 2.73. The van der Waals surface area contributed by atoms with Crippen molar-refractivity contribution in [1.82, 2.24) is 4.90 Å². The molecule has 138 valence electrons. The largest absolute Gasteiger partial charge is 0.330 e. The Morgan fingerprint density at radius 1 is 0.815 bits per heavy atom. The van der Waals surface area contributed by atoms with Crippen LogP contribution >= 0.6 is 0 Å². The minimum atomic E-state index is -0.567. The summed E-state index contributed by atoms with van der Waals surface area (Å²) in [5.74, 6) is -0.0286. The molecule has 0 aliphatic rings. The van der Waals surface area contributed by atoms with E-state index in [4.69, 9.17) is 5.73 Å². The molecule has 0 radical (unpaired) electrons. The van der Waals surface area contributed by atoms with Crippen LogP contribution in [-0.4, -0.2) is 16.8 Å². The first-order valence-corrected chi connectivity index (χ1v) is 9.34. The van der Waals surface area contributed by atoms with E-state index in [0.717, 1.165) is 16.7 Å². The zero-order chi connectivity index (χ0) is 19.1. The Balaban J connectivity index is 1.82. The van der Waals surface area contributed by atoms with Crippen LogP contribution in [0.25, 0.3) is 0 Å². The Kier molecular flexibility index (Phi) is 6.39. The van der Waals surface area contributed by atoms with Crippen molar-refractivity contribution in [3.8, 4) is 0 Å². The molecule has 0 fully saturated rings. The van der Waals surface area contributed by atoms with Crippen LogP contribution in [0.2, 0.25) is 0 Å². The Hall–Kier alpha value is -2.91. The first-order chi connectivity index (χ1) is 13.1. The Morgan fingerprint density at radius 2 is 1.30 bits per heavy atom. The zero-order valence-corrected chi connectivity index (χ0v) is 15.7. The van der Waals surface area contributed by atoms with Crippen LogP contribution in [0.1, 0.15) is 29.7 Å². The molecule has 27 heavy (non-hydrogen) atoms. The maximum atomic E-state index is 13.3. The van der Waals surface area contributed by atoms with Gasteiger partial charge in [-0.1, -0.05) is 91.0 Å². The van der Waals surface area contributed by atoms with E-state index in [2.05, 4.69) is 19.1 Å². The van der Waals surface area contributed by atoms with E-state index in [0.29, 0.717) is 13.0 Å². The van der Waals surface area contributed by atoms with Crippen molar-refractivity contribution in [2.45, 2.75) is 32.0 Å². The van der Waals surface area contributed by atoms with Crippen molar-refractivity contribution >= 4 is 5.91 Å². The molecular formula is C24H26N2O. The van der Waals surface area contributed by atoms with Crippen LogP contribution in [0.4, 0.5) is 0 Å². The number of rotatable bonds is 7. The molecular weight excluding hydrogens is 332 g/mol. The van der Waals surface area contributed by atoms with E-state index in [1.165, 1.54) is 0 Å². The van der Waals surface area contributed by atoms with Gasteiger partial charge in [0.05, 0.1) is 12.1 Å². The molecule has 2 N–H and O–H groups in total. The first kappa shape index (κ1) is 18.9. The van der Waals surface area contributed by atoms with E-state index >= 15 is 0 Å². The van der Waals surface area contributed by atoms with Crippen molar-refractivity contribution in [3.63, 3.8) is 0 Å². The fourth-order valence-electron chi connectivity index (χ4n) is 3.27. The molecule has 2 atom stereocenters. The smallest absolute Gasteiger partial charge is 0.240 e. The molecule has 0 aromatic heterocycles. The lowest BCUT2D eigenvalue weighted by Gasteiger charge is -2.32. The SMILES string of the molecule is CC(c1ccccc1)N(Cc1ccccc1)C(=O)C(N)Cc1ccccc1. The summed E-state index contributed by atoms with van der Waals surface area (Å²) in [6.07, 6.45) is 0.534. The van der Waals surface area contributed by atoms with Crippen molar-refractivity contribution in [1.29, 1.82) is 0 Å². The van der Waals surface area contributed by atoms with Crippen LogP contribution in [0.5, 0.6) is 0 Å². The highest BCUT2D eigenvalue weighted by Crippen LogP contribution is 2.23. The van der Waals surface area contributed by atoms with Gasteiger partial charge in [-0.3, -0.25) is 4.79 Å². The summed E-state index contributed by atoms with van der Waals surface area (Å²) < 4.78 is 0. The number of hydrogen-bond donors (Lipinski definition) is 1. The van der Waals surface area contributed by atoms with Gasteiger partial charge in [0.25, 0.3) is 0 Å². The summed E-state index contributed by atoms with van der Waals surface area (Å²) in [5.41, 5.74) is 9.61. The van der Waals surface area contributed by atoms with Gasteiger partial charge >= 0.3 is 0 Å². The minimum absolute atomic E-state index is 0.0286. The number of carbonyl (C=O) groups excluding carboxylic acids is 1. The van der Waals surface area contributed by atoms with Gasteiger partial charge in [0.15, 0.2) is 0 Å². The molecule has 0 aliphatic heterocycles. The van der Waals surface area contributed by atoms with Gasteiger partial charge in [-0.05, 0) is 30.0 Å². The van der Waals surface area contributed by atoms with Crippen molar-refractivity contribution in [2.24, 2.45) is 5.73 Å². The zero-order valence-electron chi connectivity index (χ0n) is 15.7. The highest BCUT2D eigenvalue weighted by Gasteiger charge is 2.26. The van der Waals surface area contributed by atoms with Crippen LogP contribution in [0.3, 0.4) is 0 Å². The molecule has 3 aromatic carbocycles. The summed E-state index contributed by atoms with van der Waals surface area (Å²) in [5, 5.41) is 0. The Labute approximate surface area is 161 Å². The Bertz CT molecular complexity index is 834. The predicted octanol–water partition coefficient (Wildman–Crippen LogP) is 4.35. The normalized spacial score (nSPS) is 13.0. The lowest BCUT2D eigenvalue weighted by molar-refractivity contribution is -0.135. The average molecular weight is 358 g/mol. The molecule has 0 aliphatic carbocycles. The van der Waals surface area contributed by atoms with Gasteiger partial charge < -0.3 is 10.6 Å². The maximum Gasteiger partial charge on any atom is 0.240 e. The summed E-state index contributed by atoms with van der Waals surface area (Å²) in [4.78, 5) is 15.2. The summed E-state index contributed by atoms with van der Waals surface area (Å²) in [6, 6.07) is 29.5. The third kappa shape index (κ3) is 5.05. The number of hydrogen-bond acceptors (Lipinski definition) is 2. The van der Waals surface area contributed by atoms with E-state index in [9.17, 15) is 4.79 Å². The van der Waals surface area contributed by atoms with Crippen molar-refractivity contribution < 1.29 is 4.79 Å². The monoisotopic (exact) mass is 358 g/mol. The number of amides is 1. The maximum absolute atomic E-state index is 13.3. The fraction of sp³-hybridized carbons (Fsp3) is 0.208. The Morgan fingerprint density at radius 3 is 1.85 bits per heavy atom. The molecule has 0 saturated carbocycles. The third-order valence-electron chi connectivity index (χ3n) is 4.84. The van der Waals surface area contributed by atoms with Crippen LogP contribution in [0.15, 0.2) is 91.0 Å². The van der Waals surface area contributed by atoms with Gasteiger partial charge in [-0.25, -0.2) is 0 Å². The third-order valence-corrected chi connectivity index (χ3v) is 4.84.